The van der Waals surface area contributed by atoms with Crippen LogP contribution >= 0.6 is 0 Å². The van der Waals surface area contributed by atoms with Crippen LogP contribution in [0, 0.1) is 0 Å². The van der Waals surface area contributed by atoms with E-state index < -0.39 is 0 Å². The van der Waals surface area contributed by atoms with Gasteiger partial charge in [0.25, 0.3) is 0 Å². The van der Waals surface area contributed by atoms with Gasteiger partial charge in [0.1, 0.15) is 5.75 Å². The summed E-state index contributed by atoms with van der Waals surface area (Å²) in [4.78, 5) is 0. The Morgan fingerprint density at radius 3 is 2.84 bits per heavy atom. The van der Waals surface area contributed by atoms with E-state index in [2.05, 4.69) is 12.0 Å². The van der Waals surface area contributed by atoms with Crippen molar-refractivity contribution in [3.05, 3.63) is 47.8 Å². The molecule has 19 heavy (non-hydrogen) atoms. The Balaban J connectivity index is 2.08. The van der Waals surface area contributed by atoms with E-state index in [-0.39, 0.29) is 5.54 Å². The summed E-state index contributed by atoms with van der Waals surface area (Å²) < 4.78 is 7.06. The van der Waals surface area contributed by atoms with Crippen molar-refractivity contribution >= 4 is 0 Å². The lowest BCUT2D eigenvalue weighted by Crippen LogP contribution is -2.33. The molecule has 1 unspecified atom stereocenters. The summed E-state index contributed by atoms with van der Waals surface area (Å²) >= 11 is 0. The standard InChI is InChI=1S/C15H21N3O/c1-15(16,8-7-12-10-17-18(2)11-12)13-5-4-6-14(9-13)19-3/h4-6,9-11H,7-8,16H2,1-3H3. The van der Waals surface area contributed by atoms with Crippen LogP contribution in [-0.2, 0) is 19.0 Å². The molecule has 4 nitrogen and oxygen atoms in total. The van der Waals surface area contributed by atoms with Crippen LogP contribution in [0.25, 0.3) is 0 Å². The molecule has 4 heteroatoms. The zero-order valence-electron chi connectivity index (χ0n) is 11.8. The maximum absolute atomic E-state index is 6.43. The summed E-state index contributed by atoms with van der Waals surface area (Å²) in [7, 11) is 3.59. The van der Waals surface area contributed by atoms with Crippen LogP contribution in [0.15, 0.2) is 36.7 Å². The second kappa shape index (κ2) is 5.45. The molecule has 1 aromatic heterocycles. The number of aromatic nitrogens is 2. The van der Waals surface area contributed by atoms with Crippen molar-refractivity contribution in [3.8, 4) is 5.75 Å². The van der Waals surface area contributed by atoms with Crippen LogP contribution < -0.4 is 10.5 Å². The molecule has 0 aliphatic rings. The highest BCUT2D eigenvalue weighted by Crippen LogP contribution is 2.26. The number of rotatable bonds is 5. The van der Waals surface area contributed by atoms with Gasteiger partial charge in [0.05, 0.1) is 13.3 Å². The lowest BCUT2D eigenvalue weighted by molar-refractivity contribution is 0.407. The van der Waals surface area contributed by atoms with Gasteiger partial charge in [-0.3, -0.25) is 4.68 Å². The van der Waals surface area contributed by atoms with Gasteiger partial charge in [-0.15, -0.1) is 0 Å². The van der Waals surface area contributed by atoms with Crippen molar-refractivity contribution in [2.75, 3.05) is 7.11 Å². The molecule has 0 bridgehead atoms. The molecule has 0 fully saturated rings. The van der Waals surface area contributed by atoms with E-state index in [1.807, 2.05) is 48.4 Å². The Kier molecular flexibility index (Phi) is 3.90. The van der Waals surface area contributed by atoms with Crippen LogP contribution in [0.5, 0.6) is 5.75 Å². The van der Waals surface area contributed by atoms with Crippen LogP contribution in [0.3, 0.4) is 0 Å². The SMILES string of the molecule is COc1cccc(C(C)(N)CCc2cnn(C)c2)c1. The monoisotopic (exact) mass is 259 g/mol. The van der Waals surface area contributed by atoms with Crippen LogP contribution in [0.1, 0.15) is 24.5 Å². The molecule has 0 aliphatic heterocycles. The smallest absolute Gasteiger partial charge is 0.119 e. The number of nitrogens with two attached hydrogens (primary N) is 1. The predicted octanol–water partition coefficient (Wildman–Crippen LogP) is 2.24. The van der Waals surface area contributed by atoms with Gasteiger partial charge in [0, 0.05) is 18.8 Å². The molecule has 2 rings (SSSR count). The van der Waals surface area contributed by atoms with Gasteiger partial charge in [0.2, 0.25) is 0 Å². The second-order valence-corrected chi connectivity index (χ2v) is 5.17. The summed E-state index contributed by atoms with van der Waals surface area (Å²) in [6.45, 7) is 2.05. The molecule has 102 valence electrons. The van der Waals surface area contributed by atoms with Gasteiger partial charge in [-0.05, 0) is 43.0 Å². The molecule has 0 spiro atoms. The van der Waals surface area contributed by atoms with Gasteiger partial charge in [-0.1, -0.05) is 12.1 Å². The number of nitrogens with zero attached hydrogens (tertiary/aromatic N) is 2. The largest absolute Gasteiger partial charge is 0.497 e. The Bertz CT molecular complexity index is 546. The van der Waals surface area contributed by atoms with Crippen molar-refractivity contribution in [1.29, 1.82) is 0 Å². The predicted molar refractivity (Wildman–Crippen MR) is 76.1 cm³/mol. The quantitative estimate of drug-likeness (QED) is 0.896. The first kappa shape index (κ1) is 13.6. The van der Waals surface area contributed by atoms with Crippen molar-refractivity contribution in [2.24, 2.45) is 12.8 Å². The minimum atomic E-state index is -0.371. The first-order valence-electron chi connectivity index (χ1n) is 6.42. The Hall–Kier alpha value is -1.81. The maximum atomic E-state index is 6.43. The van der Waals surface area contributed by atoms with Crippen LogP contribution in [0.4, 0.5) is 0 Å². The van der Waals surface area contributed by atoms with E-state index in [9.17, 15) is 0 Å². The minimum absolute atomic E-state index is 0.371. The van der Waals surface area contributed by atoms with E-state index in [0.717, 1.165) is 24.2 Å². The highest BCUT2D eigenvalue weighted by molar-refractivity contribution is 5.33. The van der Waals surface area contributed by atoms with E-state index >= 15 is 0 Å². The van der Waals surface area contributed by atoms with Crippen molar-refractivity contribution in [3.63, 3.8) is 0 Å². The van der Waals surface area contributed by atoms with Crippen molar-refractivity contribution in [1.82, 2.24) is 9.78 Å². The highest BCUT2D eigenvalue weighted by Gasteiger charge is 2.21. The molecule has 0 aliphatic carbocycles. The summed E-state index contributed by atoms with van der Waals surface area (Å²) in [5.41, 5.74) is 8.37. The normalized spacial score (nSPS) is 14.1. The summed E-state index contributed by atoms with van der Waals surface area (Å²) in [6, 6.07) is 7.96. The number of ether oxygens (including phenoxy) is 1. The fraction of sp³-hybridized carbons (Fsp3) is 0.400. The number of methoxy groups -OCH3 is 1. The summed E-state index contributed by atoms with van der Waals surface area (Å²) in [5.74, 6) is 0.843. The molecule has 2 aromatic rings. The van der Waals surface area contributed by atoms with Crippen LogP contribution in [-0.4, -0.2) is 16.9 Å². The zero-order valence-corrected chi connectivity index (χ0v) is 11.8. The lowest BCUT2D eigenvalue weighted by Gasteiger charge is -2.25. The van der Waals surface area contributed by atoms with E-state index in [0.29, 0.717) is 0 Å². The molecular formula is C15H21N3O. The first-order chi connectivity index (χ1) is 9.01. The van der Waals surface area contributed by atoms with Gasteiger partial charge in [-0.2, -0.15) is 5.10 Å². The molecule has 0 saturated carbocycles. The molecule has 1 heterocycles. The Morgan fingerprint density at radius 1 is 1.42 bits per heavy atom. The van der Waals surface area contributed by atoms with Crippen molar-refractivity contribution in [2.45, 2.75) is 25.3 Å². The summed E-state index contributed by atoms with van der Waals surface area (Å²) in [5, 5.41) is 4.17. The molecule has 1 atom stereocenters. The Labute approximate surface area is 114 Å². The fourth-order valence-corrected chi connectivity index (χ4v) is 2.13. The van der Waals surface area contributed by atoms with Gasteiger partial charge >= 0.3 is 0 Å². The zero-order chi connectivity index (χ0) is 13.9. The maximum Gasteiger partial charge on any atom is 0.119 e. The van der Waals surface area contributed by atoms with Gasteiger partial charge in [0.15, 0.2) is 0 Å². The molecule has 0 saturated heterocycles. The number of hydrogen-bond acceptors (Lipinski definition) is 3. The minimum Gasteiger partial charge on any atom is -0.497 e. The average molecular weight is 259 g/mol. The van der Waals surface area contributed by atoms with Crippen molar-refractivity contribution < 1.29 is 4.74 Å². The van der Waals surface area contributed by atoms with E-state index in [1.54, 1.807) is 7.11 Å². The highest BCUT2D eigenvalue weighted by atomic mass is 16.5. The number of aryl methyl sites for hydroxylation is 2. The topological polar surface area (TPSA) is 53.1 Å². The van der Waals surface area contributed by atoms with E-state index in [1.165, 1.54) is 5.56 Å². The van der Waals surface area contributed by atoms with Gasteiger partial charge in [-0.25, -0.2) is 0 Å². The first-order valence-corrected chi connectivity index (χ1v) is 6.42. The third-order valence-electron chi connectivity index (χ3n) is 3.42. The average Bonchev–Trinajstić information content (AvgIpc) is 2.82. The van der Waals surface area contributed by atoms with E-state index in [4.69, 9.17) is 10.5 Å². The number of hydrogen-bond donors (Lipinski definition) is 1. The third-order valence-corrected chi connectivity index (χ3v) is 3.42. The Morgan fingerprint density at radius 2 is 2.21 bits per heavy atom. The lowest BCUT2D eigenvalue weighted by atomic mass is 9.87. The summed E-state index contributed by atoms with van der Waals surface area (Å²) in [6.07, 6.45) is 5.70. The molecule has 0 radical (unpaired) electrons. The third kappa shape index (κ3) is 3.35. The molecule has 1 aromatic carbocycles. The van der Waals surface area contributed by atoms with Gasteiger partial charge < -0.3 is 10.5 Å². The fourth-order valence-electron chi connectivity index (χ4n) is 2.13. The molecule has 2 N–H and O–H groups in total. The van der Waals surface area contributed by atoms with Crippen LogP contribution in [0.2, 0.25) is 0 Å². The second-order valence-electron chi connectivity index (χ2n) is 5.17. The number of benzene rings is 1. The molecular weight excluding hydrogens is 238 g/mol. The molecule has 0 amide bonds.